The lowest BCUT2D eigenvalue weighted by atomic mass is 10.0. The summed E-state index contributed by atoms with van der Waals surface area (Å²) < 4.78 is 10.7. The van der Waals surface area contributed by atoms with Gasteiger partial charge in [0.1, 0.15) is 11.5 Å². The monoisotopic (exact) mass is 514 g/mol. The van der Waals surface area contributed by atoms with E-state index in [1.165, 1.54) is 7.11 Å². The number of H-pyrrole nitrogens is 1. The lowest BCUT2D eigenvalue weighted by Crippen LogP contribution is -2.31. The third-order valence-electron chi connectivity index (χ3n) is 5.89. The number of anilines is 3. The molecule has 10 heteroatoms. The number of ether oxygens (including phenoxy) is 2. The van der Waals surface area contributed by atoms with Gasteiger partial charge in [-0.1, -0.05) is 29.7 Å². The molecule has 0 spiro atoms. The lowest BCUT2D eigenvalue weighted by molar-refractivity contribution is 0.0947. The van der Waals surface area contributed by atoms with E-state index >= 15 is 0 Å². The number of nitrogens with two attached hydrogens (primary N) is 1. The maximum Gasteiger partial charge on any atom is 0.255 e. The summed E-state index contributed by atoms with van der Waals surface area (Å²) in [6, 6.07) is 12.5. The summed E-state index contributed by atoms with van der Waals surface area (Å²) in [5.74, 6) is 7.12. The van der Waals surface area contributed by atoms with Gasteiger partial charge in [-0.05, 0) is 30.2 Å². The van der Waals surface area contributed by atoms with Gasteiger partial charge in [0.25, 0.3) is 5.91 Å². The van der Waals surface area contributed by atoms with Crippen molar-refractivity contribution in [3.05, 3.63) is 76.2 Å². The molecule has 1 amide bonds. The number of rotatable bonds is 5. The molecule has 37 heavy (non-hydrogen) atoms. The van der Waals surface area contributed by atoms with E-state index in [1.54, 1.807) is 49.7 Å². The number of halogens is 1. The number of aromatic amines is 1. The first kappa shape index (κ1) is 24.0. The first-order chi connectivity index (χ1) is 18.0. The zero-order valence-corrected chi connectivity index (χ0v) is 20.9. The molecule has 0 fully saturated rings. The Hall–Kier alpha value is -4.68. The number of aromatic nitrogens is 3. The third kappa shape index (κ3) is 4.62. The summed E-state index contributed by atoms with van der Waals surface area (Å²) >= 11 is 6.36. The van der Waals surface area contributed by atoms with E-state index in [4.69, 9.17) is 26.8 Å². The Labute approximate surface area is 218 Å². The number of carbonyl (C=O) groups is 1. The molecule has 4 aromatic rings. The van der Waals surface area contributed by atoms with Crippen molar-refractivity contribution in [1.82, 2.24) is 20.3 Å². The second-order valence-electron chi connectivity index (χ2n) is 8.11. The molecule has 0 saturated heterocycles. The maximum atomic E-state index is 13.0. The Morgan fingerprint density at radius 3 is 2.76 bits per heavy atom. The van der Waals surface area contributed by atoms with Crippen molar-refractivity contribution in [3.63, 3.8) is 0 Å². The fourth-order valence-corrected chi connectivity index (χ4v) is 4.45. The topological polar surface area (TPSA) is 127 Å². The summed E-state index contributed by atoms with van der Waals surface area (Å²) in [5.41, 5.74) is 11.1. The zero-order valence-electron chi connectivity index (χ0n) is 20.1. The highest BCUT2D eigenvalue weighted by Crippen LogP contribution is 2.41. The smallest absolute Gasteiger partial charge is 0.255 e. The molecule has 9 nitrogen and oxygen atoms in total. The Morgan fingerprint density at radius 2 is 1.95 bits per heavy atom. The van der Waals surface area contributed by atoms with E-state index in [0.29, 0.717) is 69.1 Å². The number of nitrogens with zero attached hydrogens (tertiary/aromatic N) is 2. The first-order valence-electron chi connectivity index (χ1n) is 11.4. The van der Waals surface area contributed by atoms with Crippen LogP contribution in [-0.2, 0) is 6.42 Å². The number of hydrogen-bond acceptors (Lipinski definition) is 7. The average Bonchev–Trinajstić information content (AvgIpc) is 3.27. The van der Waals surface area contributed by atoms with Crippen molar-refractivity contribution in [2.45, 2.75) is 6.42 Å². The number of nitrogen functional groups attached to an aromatic ring is 1. The van der Waals surface area contributed by atoms with E-state index in [-0.39, 0.29) is 11.7 Å². The molecule has 0 unspecified atom stereocenters. The molecule has 0 radical (unpaired) electrons. The highest BCUT2D eigenvalue weighted by molar-refractivity contribution is 6.32. The van der Waals surface area contributed by atoms with Crippen molar-refractivity contribution in [2.24, 2.45) is 0 Å². The van der Waals surface area contributed by atoms with Crippen LogP contribution >= 0.6 is 11.6 Å². The molecule has 1 aliphatic heterocycles. The van der Waals surface area contributed by atoms with Crippen molar-refractivity contribution in [3.8, 4) is 34.7 Å². The Kier molecular flexibility index (Phi) is 6.58. The molecule has 1 aromatic carbocycles. The van der Waals surface area contributed by atoms with Crippen LogP contribution in [0.2, 0.25) is 5.02 Å². The van der Waals surface area contributed by atoms with Crippen LogP contribution in [0.5, 0.6) is 11.6 Å². The van der Waals surface area contributed by atoms with Crippen LogP contribution in [0.3, 0.4) is 0 Å². The number of para-hydroxylation sites is 1. The fourth-order valence-electron chi connectivity index (χ4n) is 4.20. The van der Waals surface area contributed by atoms with Crippen molar-refractivity contribution in [1.29, 1.82) is 0 Å². The van der Waals surface area contributed by atoms with Gasteiger partial charge in [-0.3, -0.25) is 4.79 Å². The standard InChI is InChI=1S/C27H23ClN6O3/c1-36-21-8-3-5-15(32-21)9-10-17-16(11-13-30-26(17)29)23-24(22-19(33-23)12-14-31-27(22)35)34-20-7-4-6-18(28)25(20)37-2/h3-8,11,13,33-34H,12,14H2,1-2H3,(H2,29,30)(H,31,35). The highest BCUT2D eigenvalue weighted by Gasteiger charge is 2.28. The molecule has 1 aliphatic rings. The number of carbonyl (C=O) groups excluding carboxylic acids is 1. The second kappa shape index (κ2) is 10.1. The van der Waals surface area contributed by atoms with Gasteiger partial charge >= 0.3 is 0 Å². The van der Waals surface area contributed by atoms with E-state index in [9.17, 15) is 4.79 Å². The van der Waals surface area contributed by atoms with Gasteiger partial charge in [-0.2, -0.15) is 0 Å². The van der Waals surface area contributed by atoms with Crippen LogP contribution in [0.25, 0.3) is 11.3 Å². The summed E-state index contributed by atoms with van der Waals surface area (Å²) in [6.07, 6.45) is 2.24. The van der Waals surface area contributed by atoms with E-state index in [2.05, 4.69) is 37.4 Å². The molecule has 0 aliphatic carbocycles. The minimum atomic E-state index is -0.192. The Morgan fingerprint density at radius 1 is 1.11 bits per heavy atom. The highest BCUT2D eigenvalue weighted by atomic mass is 35.5. The number of amides is 1. The molecular formula is C27H23ClN6O3. The van der Waals surface area contributed by atoms with Gasteiger partial charge in [0.05, 0.1) is 47.4 Å². The SMILES string of the molecule is COc1cccc(C#Cc2c(-c3[nH]c4c(c3Nc3cccc(Cl)c3OC)C(=O)NCC4)ccnc2N)n1. The number of fused-ring (bicyclic) bond motifs is 1. The van der Waals surface area contributed by atoms with E-state index < -0.39 is 0 Å². The van der Waals surface area contributed by atoms with Gasteiger partial charge in [0.15, 0.2) is 5.75 Å². The van der Waals surface area contributed by atoms with Crippen LogP contribution < -0.4 is 25.8 Å². The molecule has 186 valence electrons. The number of methoxy groups -OCH3 is 2. The molecular weight excluding hydrogens is 492 g/mol. The second-order valence-corrected chi connectivity index (χ2v) is 8.52. The average molecular weight is 515 g/mol. The van der Waals surface area contributed by atoms with Gasteiger partial charge in [0, 0.05) is 36.5 Å². The predicted molar refractivity (Wildman–Crippen MR) is 143 cm³/mol. The first-order valence-corrected chi connectivity index (χ1v) is 11.8. The van der Waals surface area contributed by atoms with Crippen LogP contribution in [0.4, 0.5) is 17.2 Å². The lowest BCUT2D eigenvalue weighted by Gasteiger charge is -2.17. The van der Waals surface area contributed by atoms with Gasteiger partial charge < -0.3 is 30.8 Å². The van der Waals surface area contributed by atoms with Crippen molar-refractivity contribution in [2.75, 3.05) is 31.8 Å². The van der Waals surface area contributed by atoms with E-state index in [0.717, 1.165) is 5.69 Å². The molecule has 0 saturated carbocycles. The quantitative estimate of drug-likeness (QED) is 0.294. The van der Waals surface area contributed by atoms with Gasteiger partial charge in [0.2, 0.25) is 5.88 Å². The maximum absolute atomic E-state index is 13.0. The van der Waals surface area contributed by atoms with Crippen molar-refractivity contribution < 1.29 is 14.3 Å². The number of hydrogen-bond donors (Lipinski definition) is 4. The molecule has 0 bridgehead atoms. The number of benzene rings is 1. The summed E-state index contributed by atoms with van der Waals surface area (Å²) in [7, 11) is 3.08. The fraction of sp³-hybridized carbons (Fsp3) is 0.148. The zero-order chi connectivity index (χ0) is 25.9. The molecule has 4 heterocycles. The van der Waals surface area contributed by atoms with Crippen LogP contribution in [0, 0.1) is 11.8 Å². The van der Waals surface area contributed by atoms with E-state index in [1.807, 2.05) is 6.07 Å². The minimum Gasteiger partial charge on any atom is -0.493 e. The van der Waals surface area contributed by atoms with Crippen molar-refractivity contribution >= 4 is 34.7 Å². The largest absolute Gasteiger partial charge is 0.493 e. The third-order valence-corrected chi connectivity index (χ3v) is 6.19. The van der Waals surface area contributed by atoms with Crippen LogP contribution in [0.1, 0.15) is 27.3 Å². The minimum absolute atomic E-state index is 0.192. The molecule has 0 atom stereocenters. The molecule has 5 N–H and O–H groups in total. The van der Waals surface area contributed by atoms with Gasteiger partial charge in [-0.25, -0.2) is 9.97 Å². The normalized spacial score (nSPS) is 12.1. The number of pyridine rings is 2. The summed E-state index contributed by atoms with van der Waals surface area (Å²) in [4.78, 5) is 25.0. The molecule has 3 aromatic heterocycles. The molecule has 5 rings (SSSR count). The van der Waals surface area contributed by atoms with Crippen LogP contribution in [0.15, 0.2) is 48.7 Å². The number of nitrogens with one attached hydrogen (secondary N) is 3. The Bertz CT molecular complexity index is 1570. The summed E-state index contributed by atoms with van der Waals surface area (Å²) in [5, 5.41) is 6.72. The predicted octanol–water partition coefficient (Wildman–Crippen LogP) is 4.15. The summed E-state index contributed by atoms with van der Waals surface area (Å²) in [6.45, 7) is 0.526. The Balaban J connectivity index is 1.68. The van der Waals surface area contributed by atoms with Crippen LogP contribution in [-0.4, -0.2) is 41.6 Å². The van der Waals surface area contributed by atoms with Gasteiger partial charge in [-0.15, -0.1) is 0 Å².